The number of urea groups is 1. The van der Waals surface area contributed by atoms with Crippen LogP contribution in [0.3, 0.4) is 0 Å². The zero-order valence-electron chi connectivity index (χ0n) is 10.8. The van der Waals surface area contributed by atoms with Crippen LogP contribution < -0.4 is 14.8 Å². The van der Waals surface area contributed by atoms with Gasteiger partial charge in [-0.3, -0.25) is 0 Å². The summed E-state index contributed by atoms with van der Waals surface area (Å²) >= 11 is 1.22. The van der Waals surface area contributed by atoms with Crippen LogP contribution in [0.2, 0.25) is 0 Å². The quantitative estimate of drug-likeness (QED) is 0.782. The van der Waals surface area contributed by atoms with E-state index in [0.29, 0.717) is 17.2 Å². The van der Waals surface area contributed by atoms with Crippen LogP contribution in [0.1, 0.15) is 23.7 Å². The van der Waals surface area contributed by atoms with Gasteiger partial charge < -0.3 is 15.6 Å². The third kappa shape index (κ3) is 3.78. The number of anilines is 1. The van der Waals surface area contributed by atoms with E-state index in [2.05, 4.69) is 0 Å². The van der Waals surface area contributed by atoms with Gasteiger partial charge in [0.05, 0.1) is 18.4 Å². The maximum atomic E-state index is 11.5. The van der Waals surface area contributed by atoms with E-state index in [-0.39, 0.29) is 5.56 Å². The molecule has 0 atom stereocenters. The number of primary amides is 1. The summed E-state index contributed by atoms with van der Waals surface area (Å²) in [5.74, 6) is 0.00449. The second-order valence-electron chi connectivity index (χ2n) is 3.66. The molecule has 0 aliphatic rings. The number of carbonyl (C=O) groups is 2. The number of carboxylic acid groups (broad SMARTS) is 1. The maximum Gasteiger partial charge on any atom is 0.335 e. The average Bonchev–Trinajstić information content (AvgIpc) is 2.38. The number of rotatable bonds is 6. The second-order valence-corrected chi connectivity index (χ2v) is 4.69. The lowest BCUT2D eigenvalue weighted by Crippen LogP contribution is -2.30. The van der Waals surface area contributed by atoms with Crippen LogP contribution in [0.5, 0.6) is 5.75 Å². The summed E-state index contributed by atoms with van der Waals surface area (Å²) in [6.07, 6.45) is 0.857. The molecule has 0 saturated heterocycles. The molecule has 0 aliphatic carbocycles. The number of carboxylic acids is 1. The normalized spacial score (nSPS) is 10.0. The number of aromatic carboxylic acids is 1. The molecule has 0 aliphatic heterocycles. The Bertz CT molecular complexity index is 479. The monoisotopic (exact) mass is 284 g/mol. The summed E-state index contributed by atoms with van der Waals surface area (Å²) in [4.78, 5) is 22.5. The lowest BCUT2D eigenvalue weighted by Gasteiger charge is -2.21. The van der Waals surface area contributed by atoms with Crippen molar-refractivity contribution >= 4 is 29.6 Å². The Morgan fingerprint density at radius 2 is 2.16 bits per heavy atom. The third-order valence-electron chi connectivity index (χ3n) is 2.27. The first-order valence-corrected chi connectivity index (χ1v) is 6.59. The van der Waals surface area contributed by atoms with Gasteiger partial charge in [-0.15, -0.1) is 0 Å². The molecule has 0 radical (unpaired) electrons. The van der Waals surface area contributed by atoms with Crippen LogP contribution in [0, 0.1) is 0 Å². The molecule has 0 bridgehead atoms. The molecular weight excluding hydrogens is 268 g/mol. The highest BCUT2D eigenvalue weighted by Crippen LogP contribution is 2.33. The molecule has 1 aromatic carbocycles. The number of ether oxygens (including phenoxy) is 1. The number of hydrogen-bond donors (Lipinski definition) is 2. The molecule has 0 saturated carbocycles. The molecule has 2 amide bonds. The molecule has 0 unspecified atom stereocenters. The maximum absolute atomic E-state index is 11.5. The summed E-state index contributed by atoms with van der Waals surface area (Å²) in [6.45, 7) is 1.97. The smallest absolute Gasteiger partial charge is 0.335 e. The van der Waals surface area contributed by atoms with Gasteiger partial charge in [0.15, 0.2) is 0 Å². The minimum atomic E-state index is -1.08. The van der Waals surface area contributed by atoms with Gasteiger partial charge in [-0.2, -0.15) is 0 Å². The fraction of sp³-hybridized carbons (Fsp3) is 0.333. The van der Waals surface area contributed by atoms with Crippen molar-refractivity contribution in [1.29, 1.82) is 0 Å². The van der Waals surface area contributed by atoms with E-state index in [0.717, 1.165) is 6.42 Å². The number of amides is 2. The van der Waals surface area contributed by atoms with Crippen molar-refractivity contribution in [3.05, 3.63) is 23.8 Å². The Labute approximate surface area is 115 Å². The first-order chi connectivity index (χ1) is 9.01. The van der Waals surface area contributed by atoms with E-state index >= 15 is 0 Å². The lowest BCUT2D eigenvalue weighted by molar-refractivity contribution is 0.0697. The van der Waals surface area contributed by atoms with Crippen LogP contribution in [0.25, 0.3) is 0 Å². The highest BCUT2D eigenvalue weighted by atomic mass is 32.2. The van der Waals surface area contributed by atoms with Gasteiger partial charge in [-0.05, 0) is 36.6 Å². The van der Waals surface area contributed by atoms with Crippen LogP contribution in [0.15, 0.2) is 18.2 Å². The van der Waals surface area contributed by atoms with Crippen molar-refractivity contribution in [1.82, 2.24) is 0 Å². The standard InChI is InChI=1S/C12H16N2O4S/c1-3-6-19-14(12(13)17)9-7-8(11(15)16)4-5-10(9)18-2/h4-5,7H,3,6H2,1-2H3,(H2,13,17)(H,15,16). The Kier molecular flexibility index (Phi) is 5.50. The molecule has 3 N–H and O–H groups in total. The highest BCUT2D eigenvalue weighted by Gasteiger charge is 2.19. The SMILES string of the molecule is CCCSN(C(N)=O)c1cc(C(=O)O)ccc1OC. The zero-order chi connectivity index (χ0) is 14.4. The van der Waals surface area contributed by atoms with Gasteiger partial charge in [-0.25, -0.2) is 13.9 Å². The molecule has 0 spiro atoms. The number of hydrogen-bond acceptors (Lipinski definition) is 4. The van der Waals surface area contributed by atoms with Crippen molar-refractivity contribution in [2.24, 2.45) is 5.73 Å². The third-order valence-corrected chi connectivity index (χ3v) is 3.49. The summed E-state index contributed by atoms with van der Waals surface area (Å²) in [5.41, 5.74) is 5.73. The van der Waals surface area contributed by atoms with Crippen LogP contribution in [-0.2, 0) is 0 Å². The Hall–Kier alpha value is -1.89. The summed E-state index contributed by atoms with van der Waals surface area (Å²) in [7, 11) is 1.45. The summed E-state index contributed by atoms with van der Waals surface area (Å²) in [5, 5.41) is 8.99. The molecule has 7 heteroatoms. The van der Waals surface area contributed by atoms with E-state index in [1.807, 2.05) is 6.92 Å². The predicted octanol–water partition coefficient (Wildman–Crippen LogP) is 2.34. The topological polar surface area (TPSA) is 92.9 Å². The zero-order valence-corrected chi connectivity index (χ0v) is 11.6. The summed E-state index contributed by atoms with van der Waals surface area (Å²) in [6, 6.07) is 3.61. The van der Waals surface area contributed by atoms with E-state index in [4.69, 9.17) is 15.6 Å². The molecule has 0 fully saturated rings. The number of benzene rings is 1. The first-order valence-electron chi connectivity index (χ1n) is 5.65. The van der Waals surface area contributed by atoms with Crippen molar-refractivity contribution < 1.29 is 19.4 Å². The van der Waals surface area contributed by atoms with Gasteiger partial charge in [-0.1, -0.05) is 6.92 Å². The van der Waals surface area contributed by atoms with Gasteiger partial charge in [0, 0.05) is 5.75 Å². The largest absolute Gasteiger partial charge is 0.495 e. The van der Waals surface area contributed by atoms with Crippen molar-refractivity contribution in [2.45, 2.75) is 13.3 Å². The molecule has 104 valence electrons. The molecular formula is C12H16N2O4S. The molecule has 6 nitrogen and oxygen atoms in total. The van der Waals surface area contributed by atoms with Gasteiger partial charge in [0.1, 0.15) is 5.75 Å². The van der Waals surface area contributed by atoms with E-state index in [1.54, 1.807) is 0 Å². The molecule has 0 aromatic heterocycles. The first kappa shape index (κ1) is 15.2. The van der Waals surface area contributed by atoms with E-state index in [1.165, 1.54) is 41.6 Å². The number of methoxy groups -OCH3 is 1. The number of carbonyl (C=O) groups excluding carboxylic acids is 1. The van der Waals surface area contributed by atoms with Crippen molar-refractivity contribution in [3.63, 3.8) is 0 Å². The molecule has 0 heterocycles. The van der Waals surface area contributed by atoms with Gasteiger partial charge >= 0.3 is 12.0 Å². The van der Waals surface area contributed by atoms with Gasteiger partial charge in [0.25, 0.3) is 0 Å². The second kappa shape index (κ2) is 6.89. The minimum Gasteiger partial charge on any atom is -0.495 e. The predicted molar refractivity (Wildman–Crippen MR) is 74.8 cm³/mol. The van der Waals surface area contributed by atoms with Crippen LogP contribution >= 0.6 is 11.9 Å². The molecule has 19 heavy (non-hydrogen) atoms. The lowest BCUT2D eigenvalue weighted by atomic mass is 10.2. The Morgan fingerprint density at radius 1 is 1.47 bits per heavy atom. The Morgan fingerprint density at radius 3 is 2.63 bits per heavy atom. The van der Waals surface area contributed by atoms with E-state index < -0.39 is 12.0 Å². The highest BCUT2D eigenvalue weighted by molar-refractivity contribution is 8.01. The fourth-order valence-corrected chi connectivity index (χ4v) is 2.19. The number of nitrogens with zero attached hydrogens (tertiary/aromatic N) is 1. The Balaban J connectivity index is 3.21. The summed E-state index contributed by atoms with van der Waals surface area (Å²) < 4.78 is 6.38. The average molecular weight is 284 g/mol. The van der Waals surface area contributed by atoms with Gasteiger partial charge in [0.2, 0.25) is 0 Å². The molecule has 1 aromatic rings. The minimum absolute atomic E-state index is 0.0687. The molecule has 1 rings (SSSR count). The van der Waals surface area contributed by atoms with Crippen LogP contribution in [0.4, 0.5) is 10.5 Å². The van der Waals surface area contributed by atoms with E-state index in [9.17, 15) is 9.59 Å². The fourth-order valence-electron chi connectivity index (χ4n) is 1.42. The van der Waals surface area contributed by atoms with Crippen LogP contribution in [-0.4, -0.2) is 30.0 Å². The van der Waals surface area contributed by atoms with Crippen molar-refractivity contribution in [3.8, 4) is 5.75 Å². The van der Waals surface area contributed by atoms with Crippen molar-refractivity contribution in [2.75, 3.05) is 17.2 Å². The number of nitrogens with two attached hydrogens (primary N) is 1.